The third kappa shape index (κ3) is 5.84. The van der Waals surface area contributed by atoms with Crippen LogP contribution in [0.1, 0.15) is 37.4 Å². The molecule has 1 aromatic rings. The number of aryl methyl sites for hydroxylation is 1. The molecule has 0 bridgehead atoms. The SMILES string of the molecule is CCCNC(=O)N1CCN(CC2=C(C(=O)OCC)C(c3ccc(C)cc3)NC(=O)N2C)CC1. The first-order chi connectivity index (χ1) is 15.8. The average Bonchev–Trinajstić information content (AvgIpc) is 2.81. The highest BCUT2D eigenvalue weighted by atomic mass is 16.5. The lowest BCUT2D eigenvalue weighted by atomic mass is 9.93. The Morgan fingerprint density at radius 2 is 1.79 bits per heavy atom. The molecule has 1 saturated heterocycles. The van der Waals surface area contributed by atoms with Crippen molar-refractivity contribution in [3.63, 3.8) is 0 Å². The number of benzene rings is 1. The normalized spacial score (nSPS) is 19.4. The number of urea groups is 2. The second-order valence-corrected chi connectivity index (χ2v) is 8.43. The van der Waals surface area contributed by atoms with Crippen molar-refractivity contribution >= 4 is 18.0 Å². The van der Waals surface area contributed by atoms with Gasteiger partial charge in [-0.2, -0.15) is 0 Å². The molecule has 1 fully saturated rings. The molecular formula is C24H35N5O4. The van der Waals surface area contributed by atoms with Crippen LogP contribution in [0.2, 0.25) is 0 Å². The maximum Gasteiger partial charge on any atom is 0.338 e. The van der Waals surface area contributed by atoms with Gasteiger partial charge in [-0.25, -0.2) is 14.4 Å². The Morgan fingerprint density at radius 1 is 1.12 bits per heavy atom. The summed E-state index contributed by atoms with van der Waals surface area (Å²) in [4.78, 5) is 43.6. The molecule has 2 heterocycles. The summed E-state index contributed by atoms with van der Waals surface area (Å²) in [5.74, 6) is -0.428. The number of hydrogen-bond donors (Lipinski definition) is 2. The second kappa shape index (κ2) is 11.2. The largest absolute Gasteiger partial charge is 0.463 e. The van der Waals surface area contributed by atoms with E-state index >= 15 is 0 Å². The van der Waals surface area contributed by atoms with E-state index in [-0.39, 0.29) is 18.7 Å². The summed E-state index contributed by atoms with van der Waals surface area (Å²) in [5, 5.41) is 5.86. The summed E-state index contributed by atoms with van der Waals surface area (Å²) in [7, 11) is 1.67. The summed E-state index contributed by atoms with van der Waals surface area (Å²) in [6, 6.07) is 6.89. The topological polar surface area (TPSA) is 94.2 Å². The van der Waals surface area contributed by atoms with Crippen molar-refractivity contribution in [2.75, 3.05) is 52.9 Å². The highest BCUT2D eigenvalue weighted by Crippen LogP contribution is 2.31. The van der Waals surface area contributed by atoms with Crippen LogP contribution in [0, 0.1) is 6.92 Å². The van der Waals surface area contributed by atoms with Gasteiger partial charge in [0.2, 0.25) is 0 Å². The zero-order valence-corrected chi connectivity index (χ0v) is 20.0. The molecular weight excluding hydrogens is 422 g/mol. The van der Waals surface area contributed by atoms with Crippen molar-refractivity contribution in [2.45, 2.75) is 33.2 Å². The van der Waals surface area contributed by atoms with Gasteiger partial charge in [-0.3, -0.25) is 9.80 Å². The lowest BCUT2D eigenvalue weighted by molar-refractivity contribution is -0.139. The summed E-state index contributed by atoms with van der Waals surface area (Å²) >= 11 is 0. The Bertz CT molecular complexity index is 891. The van der Waals surface area contributed by atoms with Crippen LogP contribution in [0.15, 0.2) is 35.5 Å². The van der Waals surface area contributed by atoms with Crippen molar-refractivity contribution in [1.82, 2.24) is 25.3 Å². The molecule has 2 aliphatic rings. The third-order valence-corrected chi connectivity index (χ3v) is 6.04. The van der Waals surface area contributed by atoms with Crippen molar-refractivity contribution < 1.29 is 19.1 Å². The highest BCUT2D eigenvalue weighted by Gasteiger charge is 2.37. The van der Waals surface area contributed by atoms with Crippen LogP contribution in [0.4, 0.5) is 9.59 Å². The Kier molecular flexibility index (Phi) is 8.32. The van der Waals surface area contributed by atoms with E-state index in [2.05, 4.69) is 15.5 Å². The number of amides is 4. The first-order valence-corrected chi connectivity index (χ1v) is 11.6. The fourth-order valence-electron chi connectivity index (χ4n) is 4.07. The molecule has 0 spiro atoms. The number of nitrogens with zero attached hydrogens (tertiary/aromatic N) is 3. The molecule has 0 aliphatic carbocycles. The smallest absolute Gasteiger partial charge is 0.338 e. The minimum absolute atomic E-state index is 0.0449. The zero-order valence-electron chi connectivity index (χ0n) is 20.0. The number of likely N-dealkylation sites (N-methyl/N-ethyl adjacent to an activating group) is 1. The first kappa shape index (κ1) is 24.6. The van der Waals surface area contributed by atoms with E-state index in [4.69, 9.17) is 4.74 Å². The number of rotatable bonds is 7. The van der Waals surface area contributed by atoms with Crippen LogP contribution in [-0.4, -0.2) is 85.7 Å². The van der Waals surface area contributed by atoms with Crippen LogP contribution in [0.5, 0.6) is 0 Å². The Morgan fingerprint density at radius 3 is 2.39 bits per heavy atom. The number of carbonyl (C=O) groups is 3. The summed E-state index contributed by atoms with van der Waals surface area (Å²) in [6.07, 6.45) is 0.896. The summed E-state index contributed by atoms with van der Waals surface area (Å²) in [6.45, 7) is 9.62. The van der Waals surface area contributed by atoms with Gasteiger partial charge in [-0.1, -0.05) is 36.8 Å². The van der Waals surface area contributed by atoms with E-state index in [1.807, 2.05) is 38.1 Å². The Balaban J connectivity index is 1.84. The van der Waals surface area contributed by atoms with E-state index in [0.717, 1.165) is 17.5 Å². The first-order valence-electron chi connectivity index (χ1n) is 11.6. The quantitative estimate of drug-likeness (QED) is 0.613. The van der Waals surface area contributed by atoms with E-state index in [0.29, 0.717) is 50.5 Å². The van der Waals surface area contributed by atoms with E-state index in [1.54, 1.807) is 18.9 Å². The number of hydrogen-bond acceptors (Lipinski definition) is 5. The average molecular weight is 458 g/mol. The standard InChI is InChI=1S/C24H35N5O4/c1-5-11-25-23(31)29-14-12-28(13-15-29)16-19-20(22(30)33-6-2)21(26-24(32)27(19)4)18-9-7-17(3)8-10-18/h7-10,21H,5-6,11-16H2,1-4H3,(H,25,31)(H,26,32). The molecule has 0 saturated carbocycles. The van der Waals surface area contributed by atoms with Crippen LogP contribution in [0.3, 0.4) is 0 Å². The zero-order chi connectivity index (χ0) is 24.0. The molecule has 1 unspecified atom stereocenters. The van der Waals surface area contributed by atoms with Gasteiger partial charge in [-0.15, -0.1) is 0 Å². The van der Waals surface area contributed by atoms with Crippen molar-refractivity contribution in [1.29, 1.82) is 0 Å². The van der Waals surface area contributed by atoms with Gasteiger partial charge in [0.1, 0.15) is 0 Å². The number of esters is 1. The molecule has 1 atom stereocenters. The maximum atomic E-state index is 13.1. The van der Waals surface area contributed by atoms with Crippen LogP contribution >= 0.6 is 0 Å². The second-order valence-electron chi connectivity index (χ2n) is 8.43. The molecule has 33 heavy (non-hydrogen) atoms. The van der Waals surface area contributed by atoms with Gasteiger partial charge < -0.3 is 20.3 Å². The minimum Gasteiger partial charge on any atom is -0.463 e. The van der Waals surface area contributed by atoms with Crippen molar-refractivity contribution in [2.24, 2.45) is 0 Å². The molecule has 0 radical (unpaired) electrons. The predicted octanol–water partition coefficient (Wildman–Crippen LogP) is 2.25. The summed E-state index contributed by atoms with van der Waals surface area (Å²) < 4.78 is 5.39. The van der Waals surface area contributed by atoms with Crippen molar-refractivity contribution in [3.8, 4) is 0 Å². The van der Waals surface area contributed by atoms with E-state index in [1.165, 1.54) is 4.90 Å². The minimum atomic E-state index is -0.579. The Labute approximate surface area is 195 Å². The molecule has 0 aromatic heterocycles. The fraction of sp³-hybridized carbons (Fsp3) is 0.542. The number of nitrogens with one attached hydrogen (secondary N) is 2. The van der Waals surface area contributed by atoms with Crippen molar-refractivity contribution in [3.05, 3.63) is 46.7 Å². The van der Waals surface area contributed by atoms with Gasteiger partial charge in [0.25, 0.3) is 0 Å². The molecule has 2 N–H and O–H groups in total. The summed E-state index contributed by atoms with van der Waals surface area (Å²) in [5.41, 5.74) is 3.01. The monoisotopic (exact) mass is 457 g/mol. The lowest BCUT2D eigenvalue weighted by Gasteiger charge is -2.39. The third-order valence-electron chi connectivity index (χ3n) is 6.04. The van der Waals surface area contributed by atoms with Gasteiger partial charge in [-0.05, 0) is 25.8 Å². The maximum absolute atomic E-state index is 13.1. The molecule has 9 heteroatoms. The van der Waals surface area contributed by atoms with Crippen LogP contribution in [-0.2, 0) is 9.53 Å². The van der Waals surface area contributed by atoms with E-state index in [9.17, 15) is 14.4 Å². The molecule has 180 valence electrons. The van der Waals surface area contributed by atoms with Crippen LogP contribution in [0.25, 0.3) is 0 Å². The number of ether oxygens (including phenoxy) is 1. The molecule has 1 aromatic carbocycles. The predicted molar refractivity (Wildman–Crippen MR) is 126 cm³/mol. The van der Waals surface area contributed by atoms with Gasteiger partial charge >= 0.3 is 18.0 Å². The molecule has 4 amide bonds. The van der Waals surface area contributed by atoms with Gasteiger partial charge in [0.05, 0.1) is 18.2 Å². The Hall–Kier alpha value is -3.07. The fourth-order valence-corrected chi connectivity index (χ4v) is 4.07. The lowest BCUT2D eigenvalue weighted by Crippen LogP contribution is -2.54. The highest BCUT2D eigenvalue weighted by molar-refractivity contribution is 5.95. The molecule has 2 aliphatic heterocycles. The number of piperazine rings is 1. The number of carbonyl (C=O) groups excluding carboxylic acids is 3. The van der Waals surface area contributed by atoms with Gasteiger partial charge in [0, 0.05) is 52.0 Å². The molecule has 9 nitrogen and oxygen atoms in total. The van der Waals surface area contributed by atoms with Crippen LogP contribution < -0.4 is 10.6 Å². The molecule has 3 rings (SSSR count). The van der Waals surface area contributed by atoms with Gasteiger partial charge in [0.15, 0.2) is 0 Å². The van der Waals surface area contributed by atoms with E-state index < -0.39 is 12.0 Å².